The number of aliphatic hydroxyl groups is 1. The number of methoxy groups -OCH3 is 3. The lowest BCUT2D eigenvalue weighted by molar-refractivity contribution is -0.00472. The van der Waals surface area contributed by atoms with Crippen molar-refractivity contribution in [1.29, 1.82) is 0 Å². The molecule has 0 aliphatic carbocycles. The molecule has 1 fully saturated rings. The third kappa shape index (κ3) is 7.86. The van der Waals surface area contributed by atoms with Crippen molar-refractivity contribution in [2.24, 2.45) is 0 Å². The summed E-state index contributed by atoms with van der Waals surface area (Å²) in [5, 5.41) is 10.1. The summed E-state index contributed by atoms with van der Waals surface area (Å²) < 4.78 is 48.0. The predicted octanol–water partition coefficient (Wildman–Crippen LogP) is 3.45. The van der Waals surface area contributed by atoms with Gasteiger partial charge < -0.3 is 29.0 Å². The van der Waals surface area contributed by atoms with Crippen molar-refractivity contribution in [3.05, 3.63) is 51.5 Å². The number of rotatable bonds is 7. The van der Waals surface area contributed by atoms with E-state index in [0.717, 1.165) is 0 Å². The van der Waals surface area contributed by atoms with Crippen molar-refractivity contribution in [3.8, 4) is 17.2 Å². The fourth-order valence-electron chi connectivity index (χ4n) is 3.40. The Balaban J connectivity index is 0.000000784. The Morgan fingerprint density at radius 3 is 2.11 bits per heavy atom. The van der Waals surface area contributed by atoms with Crippen LogP contribution in [0, 0.1) is 0 Å². The standard InChI is InChI=1S/C21H23Cl2NO6.CH4O3S/c1-27-17-9-13(10-18(28-2)19(17)29-3)20(26)24-11-14(6-7-25)30-21(24)12-4-5-15(22)16(23)8-12;1-5(2,3)4/h4-5,8-10,14,21,25H,6-7,11H2,1-3H3;1H3,(H,2,3,4)/t14-,21?;/m1./s1. The molecule has 0 radical (unpaired) electrons. The topological polar surface area (TPSA) is 132 Å². The fraction of sp³-hybridized carbons (Fsp3) is 0.409. The van der Waals surface area contributed by atoms with Gasteiger partial charge in [-0.25, -0.2) is 0 Å². The van der Waals surface area contributed by atoms with Crippen molar-refractivity contribution in [2.45, 2.75) is 18.8 Å². The molecule has 1 heterocycles. The van der Waals surface area contributed by atoms with Crippen LogP contribution in [0.25, 0.3) is 0 Å². The molecule has 194 valence electrons. The van der Waals surface area contributed by atoms with E-state index in [4.69, 9.17) is 46.7 Å². The molecule has 1 amide bonds. The number of hydrogen-bond donors (Lipinski definition) is 2. The first kappa shape index (κ1) is 29.0. The van der Waals surface area contributed by atoms with E-state index in [0.29, 0.717) is 57.6 Å². The van der Waals surface area contributed by atoms with E-state index in [1.165, 1.54) is 21.3 Å². The van der Waals surface area contributed by atoms with Gasteiger partial charge in [0, 0.05) is 17.7 Å². The molecular formula is C22H27Cl2NO9S. The maximum Gasteiger partial charge on any atom is 0.261 e. The predicted molar refractivity (Wildman–Crippen MR) is 130 cm³/mol. The van der Waals surface area contributed by atoms with Gasteiger partial charge in [-0.3, -0.25) is 9.35 Å². The molecule has 35 heavy (non-hydrogen) atoms. The molecule has 0 spiro atoms. The second-order valence-electron chi connectivity index (χ2n) is 7.40. The molecule has 1 unspecified atom stereocenters. The van der Waals surface area contributed by atoms with Gasteiger partial charge in [0.2, 0.25) is 5.75 Å². The summed E-state index contributed by atoms with van der Waals surface area (Å²) >= 11 is 12.2. The Morgan fingerprint density at radius 1 is 1.09 bits per heavy atom. The number of hydrogen-bond acceptors (Lipinski definition) is 8. The third-order valence-electron chi connectivity index (χ3n) is 4.86. The largest absolute Gasteiger partial charge is 0.493 e. The number of aliphatic hydroxyl groups excluding tert-OH is 1. The molecule has 0 bridgehead atoms. The summed E-state index contributed by atoms with van der Waals surface area (Å²) in [6.45, 7) is 0.256. The maximum atomic E-state index is 13.4. The Morgan fingerprint density at radius 2 is 1.66 bits per heavy atom. The van der Waals surface area contributed by atoms with E-state index in [1.54, 1.807) is 35.2 Å². The number of carbonyl (C=O) groups excluding carboxylic acids is 1. The van der Waals surface area contributed by atoms with Crippen LogP contribution in [-0.2, 0) is 14.9 Å². The number of nitrogens with zero attached hydrogens (tertiary/aromatic N) is 1. The van der Waals surface area contributed by atoms with Crippen LogP contribution in [0.3, 0.4) is 0 Å². The van der Waals surface area contributed by atoms with E-state index in [9.17, 15) is 18.3 Å². The second-order valence-corrected chi connectivity index (χ2v) is 9.68. The first-order chi connectivity index (χ1) is 16.4. The average Bonchev–Trinajstić information content (AvgIpc) is 3.22. The highest BCUT2D eigenvalue weighted by Crippen LogP contribution is 2.40. The SMILES string of the molecule is COc1cc(C(=O)N2C[C@@H](CCO)OC2c2ccc(Cl)c(Cl)c2)cc(OC)c1OC.CS(=O)(=O)O. The lowest BCUT2D eigenvalue weighted by Crippen LogP contribution is -2.32. The van der Waals surface area contributed by atoms with Crippen molar-refractivity contribution in [2.75, 3.05) is 40.7 Å². The van der Waals surface area contributed by atoms with Crippen LogP contribution in [0.1, 0.15) is 28.6 Å². The Bertz CT molecular complexity index is 1110. The van der Waals surface area contributed by atoms with Gasteiger partial charge in [0.15, 0.2) is 17.7 Å². The molecule has 2 aromatic carbocycles. The number of ether oxygens (including phenoxy) is 4. The normalized spacial score (nSPS) is 17.4. The van der Waals surface area contributed by atoms with Gasteiger partial charge in [-0.2, -0.15) is 8.42 Å². The van der Waals surface area contributed by atoms with Crippen LogP contribution in [-0.4, -0.2) is 75.7 Å². The summed E-state index contributed by atoms with van der Waals surface area (Å²) in [7, 11) is 0.802. The summed E-state index contributed by atoms with van der Waals surface area (Å²) in [5.41, 5.74) is 1.04. The van der Waals surface area contributed by atoms with Gasteiger partial charge in [-0.15, -0.1) is 0 Å². The van der Waals surface area contributed by atoms with Gasteiger partial charge in [0.1, 0.15) is 0 Å². The minimum Gasteiger partial charge on any atom is -0.493 e. The number of halogens is 2. The lowest BCUT2D eigenvalue weighted by Gasteiger charge is -2.24. The average molecular weight is 552 g/mol. The van der Waals surface area contributed by atoms with Crippen molar-refractivity contribution in [3.63, 3.8) is 0 Å². The summed E-state index contributed by atoms with van der Waals surface area (Å²) in [4.78, 5) is 15.0. The van der Waals surface area contributed by atoms with Gasteiger partial charge >= 0.3 is 0 Å². The lowest BCUT2D eigenvalue weighted by atomic mass is 10.1. The molecule has 10 nitrogen and oxygen atoms in total. The van der Waals surface area contributed by atoms with Crippen LogP contribution >= 0.6 is 23.2 Å². The first-order valence-corrected chi connectivity index (χ1v) is 12.8. The Hall–Kier alpha value is -2.28. The van der Waals surface area contributed by atoms with Crippen LogP contribution in [0.2, 0.25) is 10.0 Å². The van der Waals surface area contributed by atoms with Crippen LogP contribution < -0.4 is 14.2 Å². The quantitative estimate of drug-likeness (QED) is 0.496. The molecule has 1 saturated heterocycles. The minimum absolute atomic E-state index is 0.0506. The molecular weight excluding hydrogens is 525 g/mol. The van der Waals surface area contributed by atoms with Crippen LogP contribution in [0.4, 0.5) is 0 Å². The zero-order valence-electron chi connectivity index (χ0n) is 19.5. The first-order valence-electron chi connectivity index (χ1n) is 10.2. The maximum absolute atomic E-state index is 13.4. The molecule has 1 aliphatic rings. The summed E-state index contributed by atoms with van der Waals surface area (Å²) in [5.74, 6) is 0.857. The van der Waals surface area contributed by atoms with Gasteiger partial charge in [0.05, 0.1) is 50.3 Å². The molecule has 1 aliphatic heterocycles. The third-order valence-corrected chi connectivity index (χ3v) is 5.60. The zero-order chi connectivity index (χ0) is 26.3. The summed E-state index contributed by atoms with van der Waals surface area (Å²) in [6, 6.07) is 8.27. The van der Waals surface area contributed by atoms with E-state index >= 15 is 0 Å². The second kappa shape index (κ2) is 12.6. The van der Waals surface area contributed by atoms with Crippen LogP contribution in [0.5, 0.6) is 17.2 Å². The van der Waals surface area contributed by atoms with E-state index < -0.39 is 16.3 Å². The number of benzene rings is 2. The molecule has 2 aromatic rings. The van der Waals surface area contributed by atoms with Gasteiger partial charge in [-0.1, -0.05) is 29.3 Å². The minimum atomic E-state index is -3.67. The molecule has 2 atom stereocenters. The van der Waals surface area contributed by atoms with Crippen molar-refractivity contribution < 1.29 is 41.8 Å². The van der Waals surface area contributed by atoms with Crippen LogP contribution in [0.15, 0.2) is 30.3 Å². The van der Waals surface area contributed by atoms with Gasteiger partial charge in [-0.05, 0) is 30.7 Å². The molecule has 0 saturated carbocycles. The van der Waals surface area contributed by atoms with E-state index in [2.05, 4.69) is 0 Å². The Labute approximate surface area is 214 Å². The van der Waals surface area contributed by atoms with E-state index in [-0.39, 0.29) is 18.6 Å². The molecule has 13 heteroatoms. The van der Waals surface area contributed by atoms with E-state index in [1.807, 2.05) is 0 Å². The highest BCUT2D eigenvalue weighted by Gasteiger charge is 2.38. The highest BCUT2D eigenvalue weighted by molar-refractivity contribution is 7.85. The Kier molecular flexibility index (Phi) is 10.4. The van der Waals surface area contributed by atoms with Gasteiger partial charge in [0.25, 0.3) is 16.0 Å². The smallest absolute Gasteiger partial charge is 0.261 e. The number of carbonyl (C=O) groups is 1. The monoisotopic (exact) mass is 551 g/mol. The van der Waals surface area contributed by atoms with Crippen molar-refractivity contribution >= 4 is 39.2 Å². The highest BCUT2D eigenvalue weighted by atomic mass is 35.5. The number of amides is 1. The molecule has 3 rings (SSSR count). The summed E-state index contributed by atoms with van der Waals surface area (Å²) in [6.07, 6.45) is 0.118. The fourth-order valence-corrected chi connectivity index (χ4v) is 3.71. The zero-order valence-corrected chi connectivity index (χ0v) is 21.9. The molecule has 0 aromatic heterocycles. The molecule has 2 N–H and O–H groups in total. The van der Waals surface area contributed by atoms with Crippen molar-refractivity contribution in [1.82, 2.24) is 4.90 Å².